The highest BCUT2D eigenvalue weighted by Crippen LogP contribution is 2.38. The smallest absolute Gasteiger partial charge is 0.321 e. The molecule has 0 amide bonds. The maximum atomic E-state index is 11.3. The van der Waals surface area contributed by atoms with Gasteiger partial charge in [-0.1, -0.05) is 24.3 Å². The van der Waals surface area contributed by atoms with Crippen LogP contribution in [-0.4, -0.2) is 22.0 Å². The van der Waals surface area contributed by atoms with Crippen molar-refractivity contribution in [2.75, 3.05) is 0 Å². The maximum absolute atomic E-state index is 11.3. The van der Waals surface area contributed by atoms with Crippen molar-refractivity contribution in [1.82, 2.24) is 4.90 Å². The second kappa shape index (κ2) is 3.59. The van der Waals surface area contributed by atoms with Gasteiger partial charge in [-0.05, 0) is 29.9 Å². The molecule has 1 N–H and O–H groups in total. The van der Waals surface area contributed by atoms with E-state index in [2.05, 4.69) is 17.0 Å². The molecule has 0 spiro atoms. The van der Waals surface area contributed by atoms with E-state index >= 15 is 0 Å². The zero-order valence-electron chi connectivity index (χ0n) is 9.10. The van der Waals surface area contributed by atoms with E-state index in [1.165, 1.54) is 11.1 Å². The fourth-order valence-corrected chi connectivity index (χ4v) is 2.62. The van der Waals surface area contributed by atoms with Crippen LogP contribution in [0.5, 0.6) is 0 Å². The molecule has 1 saturated carbocycles. The summed E-state index contributed by atoms with van der Waals surface area (Å²) in [5.41, 5.74) is 2.57. The molecule has 16 heavy (non-hydrogen) atoms. The highest BCUT2D eigenvalue weighted by atomic mass is 16.4. The van der Waals surface area contributed by atoms with Crippen molar-refractivity contribution in [3.05, 3.63) is 35.4 Å². The lowest BCUT2D eigenvalue weighted by atomic mass is 10.1. The molecule has 1 aromatic rings. The second-order valence-electron chi connectivity index (χ2n) is 4.79. The van der Waals surface area contributed by atoms with Crippen molar-refractivity contribution in [3.63, 3.8) is 0 Å². The van der Waals surface area contributed by atoms with Gasteiger partial charge in [-0.3, -0.25) is 9.69 Å². The normalized spacial score (nSPS) is 21.8. The summed E-state index contributed by atoms with van der Waals surface area (Å²) in [7, 11) is 0. The molecule has 1 heterocycles. The number of rotatable bonds is 3. The number of carbonyl (C=O) groups is 1. The fraction of sp³-hybridized carbons (Fsp3) is 0.462. The van der Waals surface area contributed by atoms with Crippen molar-refractivity contribution in [1.29, 1.82) is 0 Å². The number of fused-ring (bicyclic) bond motifs is 1. The average molecular weight is 217 g/mol. The number of carboxylic acid groups (broad SMARTS) is 1. The largest absolute Gasteiger partial charge is 0.480 e. The molecule has 1 fully saturated rings. The van der Waals surface area contributed by atoms with Crippen LogP contribution in [-0.2, 0) is 17.9 Å². The Morgan fingerprint density at radius 3 is 2.25 bits per heavy atom. The molecule has 1 aliphatic carbocycles. The van der Waals surface area contributed by atoms with E-state index in [9.17, 15) is 9.90 Å². The molecule has 0 saturated heterocycles. The number of nitrogens with zero attached hydrogens (tertiary/aromatic N) is 1. The van der Waals surface area contributed by atoms with Crippen LogP contribution in [0.15, 0.2) is 24.3 Å². The van der Waals surface area contributed by atoms with Crippen LogP contribution in [0.1, 0.15) is 24.0 Å². The van der Waals surface area contributed by atoms with Crippen LogP contribution in [0, 0.1) is 5.92 Å². The summed E-state index contributed by atoms with van der Waals surface area (Å²) in [5, 5.41) is 9.28. The van der Waals surface area contributed by atoms with E-state index in [1.54, 1.807) is 0 Å². The van der Waals surface area contributed by atoms with Gasteiger partial charge < -0.3 is 5.11 Å². The van der Waals surface area contributed by atoms with Crippen LogP contribution >= 0.6 is 0 Å². The van der Waals surface area contributed by atoms with Crippen molar-refractivity contribution < 1.29 is 9.90 Å². The summed E-state index contributed by atoms with van der Waals surface area (Å²) in [4.78, 5) is 13.4. The zero-order chi connectivity index (χ0) is 11.1. The molecular formula is C13H15NO2. The lowest BCUT2D eigenvalue weighted by molar-refractivity contribution is -0.144. The van der Waals surface area contributed by atoms with Crippen LogP contribution in [0.4, 0.5) is 0 Å². The molecule has 0 aromatic heterocycles. The first kappa shape index (κ1) is 9.85. The van der Waals surface area contributed by atoms with Crippen LogP contribution in [0.25, 0.3) is 0 Å². The van der Waals surface area contributed by atoms with Gasteiger partial charge in [-0.25, -0.2) is 0 Å². The summed E-state index contributed by atoms with van der Waals surface area (Å²) in [6, 6.07) is 7.97. The maximum Gasteiger partial charge on any atom is 0.321 e. The van der Waals surface area contributed by atoms with Crippen molar-refractivity contribution in [2.45, 2.75) is 32.0 Å². The first-order valence-corrected chi connectivity index (χ1v) is 5.79. The summed E-state index contributed by atoms with van der Waals surface area (Å²) in [6.07, 6.45) is 2.15. The first-order chi connectivity index (χ1) is 7.75. The quantitative estimate of drug-likeness (QED) is 0.840. The third-order valence-corrected chi connectivity index (χ3v) is 3.58. The van der Waals surface area contributed by atoms with Gasteiger partial charge in [0.25, 0.3) is 0 Å². The number of aliphatic carboxylic acids is 1. The van der Waals surface area contributed by atoms with E-state index in [0.29, 0.717) is 5.92 Å². The minimum absolute atomic E-state index is 0.271. The standard InChI is InChI=1S/C13H15NO2/c15-13(16)12(9-5-6-9)14-7-10-3-1-2-4-11(10)8-14/h1-4,9,12H,5-8H2,(H,15,16). The Kier molecular flexibility index (Phi) is 2.21. The summed E-state index contributed by atoms with van der Waals surface area (Å²) < 4.78 is 0. The minimum atomic E-state index is -0.657. The third kappa shape index (κ3) is 1.61. The SMILES string of the molecule is O=C(O)C(C1CC1)N1Cc2ccccc2C1. The van der Waals surface area contributed by atoms with Crippen molar-refractivity contribution in [2.24, 2.45) is 5.92 Å². The molecule has 3 nitrogen and oxygen atoms in total. The number of hydrogen-bond donors (Lipinski definition) is 1. The Bertz CT molecular complexity index is 401. The van der Waals surface area contributed by atoms with Gasteiger partial charge >= 0.3 is 5.97 Å². The minimum Gasteiger partial charge on any atom is -0.480 e. The molecule has 84 valence electrons. The van der Waals surface area contributed by atoms with Gasteiger partial charge in [0.2, 0.25) is 0 Å². The van der Waals surface area contributed by atoms with E-state index in [0.717, 1.165) is 25.9 Å². The molecule has 1 aromatic carbocycles. The average Bonchev–Trinajstić information content (AvgIpc) is 2.97. The Morgan fingerprint density at radius 1 is 1.25 bits per heavy atom. The summed E-state index contributed by atoms with van der Waals surface area (Å²) in [6.45, 7) is 1.59. The zero-order valence-corrected chi connectivity index (χ0v) is 9.10. The molecule has 1 atom stereocenters. The van der Waals surface area contributed by atoms with Crippen LogP contribution in [0.2, 0.25) is 0 Å². The highest BCUT2D eigenvalue weighted by molar-refractivity contribution is 5.74. The molecule has 3 heteroatoms. The number of benzene rings is 1. The third-order valence-electron chi connectivity index (χ3n) is 3.58. The second-order valence-corrected chi connectivity index (χ2v) is 4.79. The van der Waals surface area contributed by atoms with Crippen molar-refractivity contribution >= 4 is 5.97 Å². The lowest BCUT2D eigenvalue weighted by Gasteiger charge is -2.23. The Morgan fingerprint density at radius 2 is 1.81 bits per heavy atom. The molecule has 1 aliphatic heterocycles. The van der Waals surface area contributed by atoms with E-state index in [-0.39, 0.29) is 6.04 Å². The molecule has 0 bridgehead atoms. The van der Waals surface area contributed by atoms with Gasteiger partial charge in [0.1, 0.15) is 6.04 Å². The number of hydrogen-bond acceptors (Lipinski definition) is 2. The topological polar surface area (TPSA) is 40.5 Å². The van der Waals surface area contributed by atoms with E-state index in [4.69, 9.17) is 0 Å². The predicted molar refractivity (Wildman–Crippen MR) is 59.8 cm³/mol. The fourth-order valence-electron chi connectivity index (χ4n) is 2.62. The molecule has 2 aliphatic rings. The summed E-state index contributed by atoms with van der Waals surface area (Å²) in [5.74, 6) is -0.276. The lowest BCUT2D eigenvalue weighted by Crippen LogP contribution is -2.39. The first-order valence-electron chi connectivity index (χ1n) is 5.79. The summed E-state index contributed by atoms with van der Waals surface area (Å²) >= 11 is 0. The van der Waals surface area contributed by atoms with Gasteiger partial charge in [-0.2, -0.15) is 0 Å². The predicted octanol–water partition coefficient (Wildman–Crippen LogP) is 1.87. The number of carboxylic acids is 1. The molecule has 0 radical (unpaired) electrons. The van der Waals surface area contributed by atoms with E-state index < -0.39 is 5.97 Å². The molecular weight excluding hydrogens is 202 g/mol. The highest BCUT2D eigenvalue weighted by Gasteiger charge is 2.41. The Balaban J connectivity index is 1.81. The van der Waals surface area contributed by atoms with Crippen molar-refractivity contribution in [3.8, 4) is 0 Å². The van der Waals surface area contributed by atoms with Gasteiger partial charge in [0.15, 0.2) is 0 Å². The molecule has 1 unspecified atom stereocenters. The van der Waals surface area contributed by atoms with Crippen LogP contribution in [0.3, 0.4) is 0 Å². The van der Waals surface area contributed by atoms with Crippen LogP contribution < -0.4 is 0 Å². The van der Waals surface area contributed by atoms with Gasteiger partial charge in [0.05, 0.1) is 0 Å². The van der Waals surface area contributed by atoms with Gasteiger partial charge in [0, 0.05) is 13.1 Å². The Hall–Kier alpha value is -1.35. The molecule has 3 rings (SSSR count). The van der Waals surface area contributed by atoms with E-state index in [1.807, 2.05) is 12.1 Å². The Labute approximate surface area is 94.7 Å². The van der Waals surface area contributed by atoms with Gasteiger partial charge in [-0.15, -0.1) is 0 Å². The monoisotopic (exact) mass is 217 g/mol.